The standard InChI is InChI=1S/C11H16N2O4S/c1-8-4-5-9(10(6-8)18(12,15)16)17-7-11(14)13(2)3/h4-6H,7H2,1-3H3,(H2,12,15,16). The highest BCUT2D eigenvalue weighted by atomic mass is 32.2. The number of benzene rings is 1. The predicted molar refractivity (Wildman–Crippen MR) is 66.7 cm³/mol. The minimum Gasteiger partial charge on any atom is -0.482 e. The molecule has 6 nitrogen and oxygen atoms in total. The molecular formula is C11H16N2O4S. The Morgan fingerprint density at radius 3 is 2.50 bits per heavy atom. The summed E-state index contributed by atoms with van der Waals surface area (Å²) in [5, 5.41) is 5.09. The molecule has 0 aromatic heterocycles. The number of hydrogen-bond acceptors (Lipinski definition) is 4. The van der Waals surface area contributed by atoms with E-state index < -0.39 is 10.0 Å². The quantitative estimate of drug-likeness (QED) is 0.842. The first-order valence-electron chi connectivity index (χ1n) is 5.18. The molecule has 0 heterocycles. The molecule has 1 aromatic rings. The Bertz CT molecular complexity index is 552. The number of carbonyl (C=O) groups excluding carboxylic acids is 1. The van der Waals surface area contributed by atoms with Gasteiger partial charge in [0, 0.05) is 14.1 Å². The summed E-state index contributed by atoms with van der Waals surface area (Å²) < 4.78 is 28.0. The fourth-order valence-corrected chi connectivity index (χ4v) is 1.98. The average molecular weight is 272 g/mol. The second kappa shape index (κ2) is 5.36. The van der Waals surface area contributed by atoms with Crippen molar-refractivity contribution < 1.29 is 17.9 Å². The van der Waals surface area contributed by atoms with Crippen LogP contribution in [0.25, 0.3) is 0 Å². The van der Waals surface area contributed by atoms with Crippen molar-refractivity contribution in [2.75, 3.05) is 20.7 Å². The van der Waals surface area contributed by atoms with Crippen molar-refractivity contribution in [1.29, 1.82) is 0 Å². The lowest BCUT2D eigenvalue weighted by Gasteiger charge is -2.13. The smallest absolute Gasteiger partial charge is 0.259 e. The zero-order valence-corrected chi connectivity index (χ0v) is 11.3. The van der Waals surface area contributed by atoms with Crippen LogP contribution in [-0.2, 0) is 14.8 Å². The first kappa shape index (κ1) is 14.5. The third kappa shape index (κ3) is 3.71. The molecule has 0 atom stereocenters. The molecule has 0 aliphatic heterocycles. The van der Waals surface area contributed by atoms with Crippen molar-refractivity contribution in [3.8, 4) is 5.75 Å². The molecule has 2 N–H and O–H groups in total. The Balaban J connectivity index is 3.00. The topological polar surface area (TPSA) is 89.7 Å². The van der Waals surface area contributed by atoms with E-state index in [0.717, 1.165) is 5.56 Å². The van der Waals surface area contributed by atoms with Gasteiger partial charge in [0.15, 0.2) is 6.61 Å². The molecule has 0 saturated heterocycles. The Morgan fingerprint density at radius 1 is 1.39 bits per heavy atom. The van der Waals surface area contributed by atoms with Crippen LogP contribution in [0.5, 0.6) is 5.75 Å². The fraction of sp³-hybridized carbons (Fsp3) is 0.364. The maximum absolute atomic E-state index is 11.4. The van der Waals surface area contributed by atoms with Crippen molar-refractivity contribution in [2.24, 2.45) is 5.14 Å². The van der Waals surface area contributed by atoms with Crippen molar-refractivity contribution in [2.45, 2.75) is 11.8 Å². The highest BCUT2D eigenvalue weighted by Gasteiger charge is 2.16. The summed E-state index contributed by atoms with van der Waals surface area (Å²) in [6, 6.07) is 4.58. The number of sulfonamides is 1. The number of amides is 1. The molecule has 0 bridgehead atoms. The zero-order chi connectivity index (χ0) is 13.9. The van der Waals surface area contributed by atoms with Crippen LogP contribution in [0.1, 0.15) is 5.56 Å². The number of aryl methyl sites for hydroxylation is 1. The number of likely N-dealkylation sites (N-methyl/N-ethyl adjacent to an activating group) is 1. The van der Waals surface area contributed by atoms with Crippen LogP contribution >= 0.6 is 0 Å². The van der Waals surface area contributed by atoms with E-state index in [1.807, 2.05) is 0 Å². The molecule has 1 amide bonds. The largest absolute Gasteiger partial charge is 0.482 e. The Kier molecular flexibility index (Phi) is 4.31. The maximum atomic E-state index is 11.4. The first-order valence-corrected chi connectivity index (χ1v) is 6.73. The number of primary sulfonamides is 1. The molecule has 0 aliphatic carbocycles. The minimum absolute atomic E-state index is 0.0818. The van der Waals surface area contributed by atoms with E-state index in [1.165, 1.54) is 17.0 Å². The van der Waals surface area contributed by atoms with Gasteiger partial charge < -0.3 is 9.64 Å². The van der Waals surface area contributed by atoms with Gasteiger partial charge in [-0.2, -0.15) is 0 Å². The van der Waals surface area contributed by atoms with Gasteiger partial charge in [-0.3, -0.25) is 4.79 Å². The number of hydrogen-bond donors (Lipinski definition) is 1. The van der Waals surface area contributed by atoms with Crippen molar-refractivity contribution in [3.63, 3.8) is 0 Å². The molecule has 100 valence electrons. The lowest BCUT2D eigenvalue weighted by Crippen LogP contribution is -2.28. The molecule has 7 heteroatoms. The highest BCUT2D eigenvalue weighted by molar-refractivity contribution is 7.89. The number of carbonyl (C=O) groups is 1. The summed E-state index contributed by atoms with van der Waals surface area (Å²) in [6.45, 7) is 1.50. The average Bonchev–Trinajstić information content (AvgIpc) is 2.25. The highest BCUT2D eigenvalue weighted by Crippen LogP contribution is 2.23. The van der Waals surface area contributed by atoms with E-state index >= 15 is 0 Å². The Hall–Kier alpha value is -1.60. The van der Waals surface area contributed by atoms with Crippen molar-refractivity contribution in [1.82, 2.24) is 4.90 Å². The predicted octanol–water partition coefficient (Wildman–Crippen LogP) is 0.109. The first-order chi connectivity index (χ1) is 8.21. The van der Waals surface area contributed by atoms with Gasteiger partial charge in [0.25, 0.3) is 5.91 Å². The molecule has 18 heavy (non-hydrogen) atoms. The van der Waals surface area contributed by atoms with Gasteiger partial charge in [-0.1, -0.05) is 6.07 Å². The van der Waals surface area contributed by atoms with Gasteiger partial charge in [0.1, 0.15) is 10.6 Å². The molecule has 1 rings (SSSR count). The summed E-state index contributed by atoms with van der Waals surface area (Å²) in [7, 11) is -0.705. The van der Waals surface area contributed by atoms with E-state index in [2.05, 4.69) is 0 Å². The van der Waals surface area contributed by atoms with E-state index in [0.29, 0.717) is 0 Å². The summed E-state index contributed by atoms with van der Waals surface area (Å²) in [6.07, 6.45) is 0. The number of nitrogens with two attached hydrogens (primary N) is 1. The second-order valence-electron chi connectivity index (χ2n) is 4.07. The van der Waals surface area contributed by atoms with Gasteiger partial charge in [-0.15, -0.1) is 0 Å². The van der Waals surface area contributed by atoms with E-state index in [4.69, 9.17) is 9.88 Å². The van der Waals surface area contributed by atoms with Gasteiger partial charge >= 0.3 is 0 Å². The van der Waals surface area contributed by atoms with Crippen LogP contribution in [0.4, 0.5) is 0 Å². The summed E-state index contributed by atoms with van der Waals surface area (Å²) >= 11 is 0. The lowest BCUT2D eigenvalue weighted by molar-refractivity contribution is -0.130. The van der Waals surface area contributed by atoms with Gasteiger partial charge in [-0.05, 0) is 24.6 Å². The third-order valence-electron chi connectivity index (χ3n) is 2.26. The third-order valence-corrected chi connectivity index (χ3v) is 3.19. The molecule has 0 aliphatic rings. The van der Waals surface area contributed by atoms with Crippen LogP contribution in [0.2, 0.25) is 0 Å². The molecule has 1 aromatic carbocycles. The van der Waals surface area contributed by atoms with E-state index in [1.54, 1.807) is 27.1 Å². The van der Waals surface area contributed by atoms with Gasteiger partial charge in [0.2, 0.25) is 10.0 Å². The van der Waals surface area contributed by atoms with Crippen LogP contribution in [-0.4, -0.2) is 39.9 Å². The lowest BCUT2D eigenvalue weighted by atomic mass is 10.2. The summed E-state index contributed by atoms with van der Waals surface area (Å²) in [5.74, 6) is -0.186. The fourth-order valence-electron chi connectivity index (χ4n) is 1.23. The van der Waals surface area contributed by atoms with E-state index in [9.17, 15) is 13.2 Å². The molecule has 0 fully saturated rings. The molecule has 0 radical (unpaired) electrons. The summed E-state index contributed by atoms with van der Waals surface area (Å²) in [5.41, 5.74) is 0.741. The normalized spacial score (nSPS) is 11.1. The monoisotopic (exact) mass is 272 g/mol. The number of rotatable bonds is 4. The molecule has 0 unspecified atom stereocenters. The van der Waals surface area contributed by atoms with E-state index in [-0.39, 0.29) is 23.2 Å². The Labute approximate surface area is 106 Å². The molecule has 0 spiro atoms. The number of ether oxygens (including phenoxy) is 1. The van der Waals surface area contributed by atoms with Crippen molar-refractivity contribution in [3.05, 3.63) is 23.8 Å². The van der Waals surface area contributed by atoms with Crippen LogP contribution in [0.3, 0.4) is 0 Å². The van der Waals surface area contributed by atoms with Gasteiger partial charge in [0.05, 0.1) is 0 Å². The minimum atomic E-state index is -3.87. The summed E-state index contributed by atoms with van der Waals surface area (Å²) in [4.78, 5) is 12.6. The molecular weight excluding hydrogens is 256 g/mol. The Morgan fingerprint density at radius 2 is 2.00 bits per heavy atom. The molecule has 0 saturated carbocycles. The zero-order valence-electron chi connectivity index (χ0n) is 10.5. The van der Waals surface area contributed by atoms with Crippen LogP contribution in [0.15, 0.2) is 23.1 Å². The maximum Gasteiger partial charge on any atom is 0.259 e. The van der Waals surface area contributed by atoms with Crippen molar-refractivity contribution >= 4 is 15.9 Å². The van der Waals surface area contributed by atoms with Crippen LogP contribution in [0, 0.1) is 6.92 Å². The SMILES string of the molecule is Cc1ccc(OCC(=O)N(C)C)c(S(N)(=O)=O)c1. The van der Waals surface area contributed by atoms with Crippen LogP contribution < -0.4 is 9.88 Å². The second-order valence-corrected chi connectivity index (χ2v) is 5.60. The van der Waals surface area contributed by atoms with Gasteiger partial charge in [-0.25, -0.2) is 13.6 Å². The number of nitrogens with zero attached hydrogens (tertiary/aromatic N) is 1.